The number of rotatable bonds is 5. The molecule has 0 saturated carbocycles. The van der Waals surface area contributed by atoms with Crippen molar-refractivity contribution in [3.63, 3.8) is 0 Å². The molecule has 1 fully saturated rings. The molecule has 0 unspecified atom stereocenters. The predicted molar refractivity (Wildman–Crippen MR) is 123 cm³/mol. The van der Waals surface area contributed by atoms with Crippen LogP contribution in [-0.4, -0.2) is 69.3 Å². The van der Waals surface area contributed by atoms with Gasteiger partial charge in [-0.25, -0.2) is 4.98 Å². The van der Waals surface area contributed by atoms with Crippen molar-refractivity contribution < 1.29 is 0 Å². The lowest BCUT2D eigenvalue weighted by atomic mass is 10.1. The van der Waals surface area contributed by atoms with Crippen LogP contribution in [0.15, 0.2) is 48.8 Å². The first-order valence-corrected chi connectivity index (χ1v) is 10.6. The second kappa shape index (κ2) is 8.41. The standard InChI is InChI=1S/C23H26N8/c1-16-3-2-4-21(27-16)23-18(15-26-29-23)19-5-6-20-22(28-19)13-17(14-25-20)31-11-9-30(8-7-24)10-12-31/h2-6,13-15H,7-12,24H2,1H3,(H,26,29). The normalized spacial score (nSPS) is 15.0. The van der Waals surface area contributed by atoms with Gasteiger partial charge in [0, 0.05) is 56.7 Å². The van der Waals surface area contributed by atoms with Crippen molar-refractivity contribution in [2.45, 2.75) is 6.92 Å². The summed E-state index contributed by atoms with van der Waals surface area (Å²) in [6, 6.07) is 12.1. The minimum atomic E-state index is 0.707. The molecular formula is C23H26N8. The Bertz CT molecular complexity index is 1190. The lowest BCUT2D eigenvalue weighted by molar-refractivity contribution is 0.265. The summed E-state index contributed by atoms with van der Waals surface area (Å²) in [4.78, 5) is 19.0. The molecule has 4 aromatic heterocycles. The Balaban J connectivity index is 1.45. The predicted octanol–water partition coefficient (Wildman–Crippen LogP) is 2.47. The molecule has 0 spiro atoms. The van der Waals surface area contributed by atoms with Gasteiger partial charge in [0.05, 0.1) is 34.3 Å². The van der Waals surface area contributed by atoms with Gasteiger partial charge in [0.25, 0.3) is 0 Å². The molecule has 0 aromatic carbocycles. The number of pyridine rings is 3. The minimum absolute atomic E-state index is 0.707. The summed E-state index contributed by atoms with van der Waals surface area (Å²) in [6.07, 6.45) is 3.82. The number of aryl methyl sites for hydroxylation is 1. The number of anilines is 1. The van der Waals surface area contributed by atoms with Gasteiger partial charge in [-0.3, -0.25) is 20.0 Å². The van der Waals surface area contributed by atoms with E-state index < -0.39 is 0 Å². The van der Waals surface area contributed by atoms with E-state index in [4.69, 9.17) is 10.7 Å². The van der Waals surface area contributed by atoms with Gasteiger partial charge >= 0.3 is 0 Å². The fraction of sp³-hybridized carbons (Fsp3) is 0.304. The molecular weight excluding hydrogens is 388 g/mol. The van der Waals surface area contributed by atoms with Crippen LogP contribution in [0.25, 0.3) is 33.7 Å². The maximum absolute atomic E-state index is 5.69. The molecule has 1 aliphatic heterocycles. The first-order chi connectivity index (χ1) is 15.2. The maximum atomic E-state index is 5.69. The Labute approximate surface area is 181 Å². The number of H-pyrrole nitrogens is 1. The van der Waals surface area contributed by atoms with Crippen LogP contribution in [0.1, 0.15) is 5.69 Å². The van der Waals surface area contributed by atoms with Crippen LogP contribution in [0.4, 0.5) is 5.69 Å². The molecule has 0 aliphatic carbocycles. The van der Waals surface area contributed by atoms with Crippen molar-refractivity contribution in [2.24, 2.45) is 5.73 Å². The first kappa shape index (κ1) is 19.6. The second-order valence-electron chi connectivity index (χ2n) is 7.86. The quantitative estimate of drug-likeness (QED) is 0.517. The molecule has 1 aliphatic rings. The lowest BCUT2D eigenvalue weighted by Crippen LogP contribution is -2.47. The van der Waals surface area contributed by atoms with Gasteiger partial charge in [0.2, 0.25) is 0 Å². The van der Waals surface area contributed by atoms with E-state index in [1.807, 2.05) is 49.6 Å². The smallest absolute Gasteiger partial charge is 0.120 e. The van der Waals surface area contributed by atoms with Crippen molar-refractivity contribution in [3.8, 4) is 22.6 Å². The molecule has 4 aromatic rings. The van der Waals surface area contributed by atoms with Crippen LogP contribution in [0.2, 0.25) is 0 Å². The highest BCUT2D eigenvalue weighted by Gasteiger charge is 2.18. The molecule has 0 atom stereocenters. The van der Waals surface area contributed by atoms with E-state index in [0.717, 1.165) is 77.8 Å². The molecule has 8 nitrogen and oxygen atoms in total. The fourth-order valence-electron chi connectivity index (χ4n) is 4.09. The highest BCUT2D eigenvalue weighted by Crippen LogP contribution is 2.29. The summed E-state index contributed by atoms with van der Waals surface area (Å²) in [7, 11) is 0. The van der Waals surface area contributed by atoms with Crippen LogP contribution in [0.3, 0.4) is 0 Å². The summed E-state index contributed by atoms with van der Waals surface area (Å²) < 4.78 is 0. The summed E-state index contributed by atoms with van der Waals surface area (Å²) in [5.74, 6) is 0. The minimum Gasteiger partial charge on any atom is -0.368 e. The Morgan fingerprint density at radius 3 is 2.68 bits per heavy atom. The number of hydrogen-bond donors (Lipinski definition) is 2. The van der Waals surface area contributed by atoms with Crippen molar-refractivity contribution >= 4 is 16.7 Å². The van der Waals surface area contributed by atoms with E-state index in [2.05, 4.69) is 36.0 Å². The van der Waals surface area contributed by atoms with E-state index in [1.54, 1.807) is 0 Å². The third-order valence-electron chi connectivity index (χ3n) is 5.75. The summed E-state index contributed by atoms with van der Waals surface area (Å²) >= 11 is 0. The third kappa shape index (κ3) is 3.99. The topological polar surface area (TPSA) is 99.9 Å². The van der Waals surface area contributed by atoms with E-state index in [1.165, 1.54) is 0 Å². The Kier molecular flexibility index (Phi) is 5.31. The Morgan fingerprint density at radius 1 is 1.00 bits per heavy atom. The first-order valence-electron chi connectivity index (χ1n) is 10.6. The van der Waals surface area contributed by atoms with Gasteiger partial charge < -0.3 is 10.6 Å². The van der Waals surface area contributed by atoms with Crippen LogP contribution in [-0.2, 0) is 0 Å². The van der Waals surface area contributed by atoms with Crippen molar-refractivity contribution in [1.82, 2.24) is 30.0 Å². The van der Waals surface area contributed by atoms with Crippen LogP contribution in [0, 0.1) is 6.92 Å². The molecule has 3 N–H and O–H groups in total. The van der Waals surface area contributed by atoms with Gasteiger partial charge in [-0.05, 0) is 37.3 Å². The number of aromatic nitrogens is 5. The fourth-order valence-corrected chi connectivity index (χ4v) is 4.09. The number of nitrogens with two attached hydrogens (primary N) is 1. The van der Waals surface area contributed by atoms with Gasteiger partial charge in [-0.15, -0.1) is 0 Å². The number of nitrogens with one attached hydrogen (secondary N) is 1. The van der Waals surface area contributed by atoms with Gasteiger partial charge in [0.1, 0.15) is 5.69 Å². The lowest BCUT2D eigenvalue weighted by Gasteiger charge is -2.35. The molecule has 1 saturated heterocycles. The van der Waals surface area contributed by atoms with Crippen molar-refractivity contribution in [1.29, 1.82) is 0 Å². The molecule has 0 bridgehead atoms. The van der Waals surface area contributed by atoms with Gasteiger partial charge in [-0.2, -0.15) is 5.10 Å². The van der Waals surface area contributed by atoms with E-state index in [-0.39, 0.29) is 0 Å². The molecule has 0 radical (unpaired) electrons. The largest absolute Gasteiger partial charge is 0.368 e. The Morgan fingerprint density at radius 2 is 1.87 bits per heavy atom. The molecule has 5 rings (SSSR count). The number of aromatic amines is 1. The van der Waals surface area contributed by atoms with Gasteiger partial charge in [0.15, 0.2) is 0 Å². The van der Waals surface area contributed by atoms with Crippen LogP contribution >= 0.6 is 0 Å². The van der Waals surface area contributed by atoms with Crippen molar-refractivity contribution in [2.75, 3.05) is 44.2 Å². The van der Waals surface area contributed by atoms with Gasteiger partial charge in [-0.1, -0.05) is 6.07 Å². The monoisotopic (exact) mass is 414 g/mol. The van der Waals surface area contributed by atoms with E-state index in [9.17, 15) is 0 Å². The molecule has 5 heterocycles. The SMILES string of the molecule is Cc1cccc(-c2n[nH]cc2-c2ccc3ncc(N4CCN(CCN)CC4)cc3n2)n1. The zero-order valence-electron chi connectivity index (χ0n) is 17.6. The summed E-state index contributed by atoms with van der Waals surface area (Å²) in [6.45, 7) is 7.62. The summed E-state index contributed by atoms with van der Waals surface area (Å²) in [5.41, 5.74) is 12.9. The molecule has 158 valence electrons. The van der Waals surface area contributed by atoms with E-state index in [0.29, 0.717) is 6.54 Å². The number of piperazine rings is 1. The number of fused-ring (bicyclic) bond motifs is 1. The molecule has 31 heavy (non-hydrogen) atoms. The third-order valence-corrected chi connectivity index (χ3v) is 5.75. The van der Waals surface area contributed by atoms with Crippen molar-refractivity contribution in [3.05, 3.63) is 54.5 Å². The zero-order valence-corrected chi connectivity index (χ0v) is 17.6. The average molecular weight is 415 g/mol. The maximum Gasteiger partial charge on any atom is 0.120 e. The number of nitrogens with zero attached hydrogens (tertiary/aromatic N) is 6. The van der Waals surface area contributed by atoms with Crippen LogP contribution < -0.4 is 10.6 Å². The Hall–Kier alpha value is -3.36. The van der Waals surface area contributed by atoms with Crippen LogP contribution in [0.5, 0.6) is 0 Å². The highest BCUT2D eigenvalue weighted by molar-refractivity contribution is 5.84. The zero-order chi connectivity index (χ0) is 21.2. The summed E-state index contributed by atoms with van der Waals surface area (Å²) in [5, 5.41) is 7.41. The average Bonchev–Trinajstić information content (AvgIpc) is 3.29. The number of hydrogen-bond acceptors (Lipinski definition) is 7. The second-order valence-corrected chi connectivity index (χ2v) is 7.86. The molecule has 8 heteroatoms. The van der Waals surface area contributed by atoms with E-state index >= 15 is 0 Å². The highest BCUT2D eigenvalue weighted by atomic mass is 15.3. The molecule has 0 amide bonds.